The topological polar surface area (TPSA) is 115 Å². The number of benzene rings is 1. The minimum Gasteiger partial charge on any atom is -0.451 e. The van der Waals surface area contributed by atoms with Crippen LogP contribution in [0.3, 0.4) is 0 Å². The van der Waals surface area contributed by atoms with Crippen LogP contribution < -0.4 is 5.73 Å². The number of carbonyl (C=O) groups excluding carboxylic acids is 3. The molecule has 8 heteroatoms. The van der Waals surface area contributed by atoms with Gasteiger partial charge < -0.3 is 15.4 Å². The molecule has 0 unspecified atom stereocenters. The molecule has 1 fully saturated rings. The van der Waals surface area contributed by atoms with Crippen LogP contribution in [0.1, 0.15) is 23.3 Å². The normalized spacial score (nSPS) is 15.1. The summed E-state index contributed by atoms with van der Waals surface area (Å²) in [5.41, 5.74) is 6.57. The number of primary amides is 1. The van der Waals surface area contributed by atoms with Crippen LogP contribution in [0.2, 0.25) is 0 Å². The lowest BCUT2D eigenvalue weighted by Gasteiger charge is -2.30. The zero-order valence-corrected chi connectivity index (χ0v) is 13.6. The van der Waals surface area contributed by atoms with Crippen molar-refractivity contribution in [2.75, 3.05) is 19.7 Å². The Morgan fingerprint density at radius 2 is 1.84 bits per heavy atom. The van der Waals surface area contributed by atoms with E-state index in [0.29, 0.717) is 37.0 Å². The van der Waals surface area contributed by atoms with Gasteiger partial charge in [0.15, 0.2) is 12.3 Å². The fourth-order valence-corrected chi connectivity index (χ4v) is 2.76. The second-order valence-electron chi connectivity index (χ2n) is 5.88. The second-order valence-corrected chi connectivity index (χ2v) is 5.88. The number of nitrogens with zero attached hydrogens (tertiary/aromatic N) is 3. The number of aromatic nitrogens is 2. The van der Waals surface area contributed by atoms with Gasteiger partial charge in [-0.1, -0.05) is 12.1 Å². The largest absolute Gasteiger partial charge is 0.451 e. The van der Waals surface area contributed by atoms with E-state index in [-0.39, 0.29) is 30.0 Å². The Hall–Kier alpha value is -3.03. The van der Waals surface area contributed by atoms with Gasteiger partial charge in [0.1, 0.15) is 0 Å². The third-order valence-electron chi connectivity index (χ3n) is 4.23. The highest BCUT2D eigenvalue weighted by atomic mass is 16.5. The molecule has 1 aromatic carbocycles. The Balaban J connectivity index is 1.54. The minimum atomic E-state index is -0.696. The maximum atomic E-state index is 12.1. The molecule has 3 rings (SSSR count). The molecule has 0 bridgehead atoms. The summed E-state index contributed by atoms with van der Waals surface area (Å²) in [4.78, 5) is 45.2. The highest BCUT2D eigenvalue weighted by molar-refractivity contribution is 5.91. The van der Waals surface area contributed by atoms with Crippen molar-refractivity contribution in [1.29, 1.82) is 0 Å². The molecule has 2 aromatic rings. The van der Waals surface area contributed by atoms with E-state index in [1.165, 1.54) is 6.20 Å². The number of para-hydroxylation sites is 2. The summed E-state index contributed by atoms with van der Waals surface area (Å²) >= 11 is 0. The molecule has 1 aliphatic heterocycles. The smallest absolute Gasteiger partial charge is 0.359 e. The average molecular weight is 342 g/mol. The zero-order valence-electron chi connectivity index (χ0n) is 13.6. The van der Waals surface area contributed by atoms with E-state index in [0.717, 1.165) is 0 Å². The second kappa shape index (κ2) is 7.25. The SMILES string of the molecule is NC(=O)C1CCN(C(=O)COC(=O)c2cnc3ccccc3n2)CC1. The Kier molecular flexibility index (Phi) is 4.87. The lowest BCUT2D eigenvalue weighted by atomic mass is 9.96. The first-order valence-corrected chi connectivity index (χ1v) is 8.00. The monoisotopic (exact) mass is 342 g/mol. The summed E-state index contributed by atoms with van der Waals surface area (Å²) in [6, 6.07) is 7.16. The number of amides is 2. The maximum Gasteiger partial charge on any atom is 0.359 e. The van der Waals surface area contributed by atoms with Crippen LogP contribution in [-0.2, 0) is 14.3 Å². The van der Waals surface area contributed by atoms with Gasteiger partial charge in [0.05, 0.1) is 17.2 Å². The molecular formula is C17H18N4O4. The molecule has 0 radical (unpaired) electrons. The molecule has 0 atom stereocenters. The Morgan fingerprint density at radius 1 is 1.16 bits per heavy atom. The van der Waals surface area contributed by atoms with E-state index in [2.05, 4.69) is 9.97 Å². The number of rotatable bonds is 4. The summed E-state index contributed by atoms with van der Waals surface area (Å²) in [7, 11) is 0. The van der Waals surface area contributed by atoms with Crippen LogP contribution >= 0.6 is 0 Å². The van der Waals surface area contributed by atoms with Gasteiger partial charge in [0.2, 0.25) is 5.91 Å². The van der Waals surface area contributed by atoms with Gasteiger partial charge in [-0.3, -0.25) is 14.6 Å². The molecule has 0 saturated carbocycles. The Labute approximate surface area is 144 Å². The number of hydrogen-bond acceptors (Lipinski definition) is 6. The summed E-state index contributed by atoms with van der Waals surface area (Å²) in [6.45, 7) is 0.494. The summed E-state index contributed by atoms with van der Waals surface area (Å²) < 4.78 is 5.04. The third kappa shape index (κ3) is 3.90. The predicted octanol–water partition coefficient (Wildman–Crippen LogP) is 0.510. The fourth-order valence-electron chi connectivity index (χ4n) is 2.76. The van der Waals surface area contributed by atoms with Crippen molar-refractivity contribution in [2.45, 2.75) is 12.8 Å². The fraction of sp³-hybridized carbons (Fsp3) is 0.353. The lowest BCUT2D eigenvalue weighted by molar-refractivity contribution is -0.137. The van der Waals surface area contributed by atoms with Gasteiger partial charge in [-0.05, 0) is 25.0 Å². The van der Waals surface area contributed by atoms with Crippen LogP contribution in [-0.4, -0.2) is 52.3 Å². The highest BCUT2D eigenvalue weighted by Crippen LogP contribution is 2.16. The van der Waals surface area contributed by atoms with Crippen molar-refractivity contribution in [2.24, 2.45) is 11.7 Å². The molecule has 1 aliphatic rings. The van der Waals surface area contributed by atoms with Crippen LogP contribution in [0, 0.1) is 5.92 Å². The number of nitrogens with two attached hydrogens (primary N) is 1. The van der Waals surface area contributed by atoms with E-state index in [1.807, 2.05) is 6.07 Å². The summed E-state index contributed by atoms with van der Waals surface area (Å²) in [5.74, 6) is -1.53. The van der Waals surface area contributed by atoms with E-state index in [9.17, 15) is 14.4 Å². The van der Waals surface area contributed by atoms with Gasteiger partial charge >= 0.3 is 5.97 Å². The van der Waals surface area contributed by atoms with Gasteiger partial charge in [-0.25, -0.2) is 9.78 Å². The van der Waals surface area contributed by atoms with Gasteiger partial charge in [-0.2, -0.15) is 0 Å². The third-order valence-corrected chi connectivity index (χ3v) is 4.23. The van der Waals surface area contributed by atoms with Crippen LogP contribution in [0.4, 0.5) is 0 Å². The molecule has 2 amide bonds. The molecular weight excluding hydrogens is 324 g/mol. The Bertz CT molecular complexity index is 815. The van der Waals surface area contributed by atoms with Crippen LogP contribution in [0.5, 0.6) is 0 Å². The number of likely N-dealkylation sites (tertiary alicyclic amines) is 1. The van der Waals surface area contributed by atoms with Gasteiger partial charge in [-0.15, -0.1) is 0 Å². The average Bonchev–Trinajstić information content (AvgIpc) is 2.65. The van der Waals surface area contributed by atoms with Gasteiger partial charge in [0.25, 0.3) is 5.91 Å². The number of fused-ring (bicyclic) bond motifs is 1. The quantitative estimate of drug-likeness (QED) is 0.810. The number of esters is 1. The van der Waals surface area contributed by atoms with Crippen molar-refractivity contribution >= 4 is 28.8 Å². The first kappa shape index (κ1) is 16.8. The van der Waals surface area contributed by atoms with Crippen molar-refractivity contribution in [3.8, 4) is 0 Å². The van der Waals surface area contributed by atoms with E-state index >= 15 is 0 Å². The Morgan fingerprint density at radius 3 is 2.52 bits per heavy atom. The summed E-state index contributed by atoms with van der Waals surface area (Å²) in [5, 5.41) is 0. The van der Waals surface area contributed by atoms with Crippen molar-refractivity contribution in [1.82, 2.24) is 14.9 Å². The first-order chi connectivity index (χ1) is 12.0. The molecule has 8 nitrogen and oxygen atoms in total. The molecule has 25 heavy (non-hydrogen) atoms. The maximum absolute atomic E-state index is 12.1. The molecule has 0 spiro atoms. The predicted molar refractivity (Wildman–Crippen MR) is 88.3 cm³/mol. The van der Waals surface area contributed by atoms with Gasteiger partial charge in [0, 0.05) is 19.0 Å². The van der Waals surface area contributed by atoms with Crippen molar-refractivity contribution < 1.29 is 19.1 Å². The number of carbonyl (C=O) groups is 3. The van der Waals surface area contributed by atoms with Crippen molar-refractivity contribution in [3.05, 3.63) is 36.2 Å². The van der Waals surface area contributed by atoms with E-state index < -0.39 is 5.97 Å². The molecule has 130 valence electrons. The van der Waals surface area contributed by atoms with Crippen molar-refractivity contribution in [3.63, 3.8) is 0 Å². The molecule has 2 heterocycles. The van der Waals surface area contributed by atoms with E-state index in [1.54, 1.807) is 23.1 Å². The standard InChI is InChI=1S/C17H18N4O4/c18-16(23)11-5-7-21(8-6-11)15(22)10-25-17(24)14-9-19-12-3-1-2-4-13(12)20-14/h1-4,9,11H,5-8,10H2,(H2,18,23). The number of hydrogen-bond donors (Lipinski definition) is 1. The highest BCUT2D eigenvalue weighted by Gasteiger charge is 2.26. The molecule has 1 saturated heterocycles. The zero-order chi connectivity index (χ0) is 17.8. The lowest BCUT2D eigenvalue weighted by Crippen LogP contribution is -2.43. The minimum absolute atomic E-state index is 0.0546. The first-order valence-electron chi connectivity index (χ1n) is 8.00. The van der Waals surface area contributed by atoms with Crippen LogP contribution in [0.25, 0.3) is 11.0 Å². The molecule has 2 N–H and O–H groups in total. The summed E-state index contributed by atoms with van der Waals surface area (Å²) in [6.07, 6.45) is 2.39. The number of piperidine rings is 1. The van der Waals surface area contributed by atoms with E-state index in [4.69, 9.17) is 10.5 Å². The van der Waals surface area contributed by atoms with Crippen LogP contribution in [0.15, 0.2) is 30.5 Å². The number of ether oxygens (including phenoxy) is 1. The molecule has 1 aromatic heterocycles. The molecule has 0 aliphatic carbocycles.